The Morgan fingerprint density at radius 1 is 0.932 bits per heavy atom. The van der Waals surface area contributed by atoms with Crippen LogP contribution in [0.2, 0.25) is 0 Å². The first-order valence-corrected chi connectivity index (χ1v) is 20.3. The van der Waals surface area contributed by atoms with Crippen LogP contribution in [0.15, 0.2) is 52.9 Å². The van der Waals surface area contributed by atoms with E-state index in [1.165, 1.54) is 25.3 Å². The minimum Gasteiger partial charge on any atom is -0.494 e. The van der Waals surface area contributed by atoms with Gasteiger partial charge >= 0.3 is 0 Å². The molecule has 3 N–H and O–H groups in total. The normalized spacial score (nSPS) is 21.8. The van der Waals surface area contributed by atoms with Gasteiger partial charge in [0.25, 0.3) is 23.6 Å². The number of hydrogen-bond donors (Lipinski definition) is 3. The standard InChI is InChI=1S/C43H47F2N7O7/c1-43(44,45)35-8-4-7-29(47-35)38(54)48-30-22-34-31(21-33(30)58-2)49-40(59-34)26-11-9-25(10-12-26)23-51-19-16-24(17-20-51)15-18-46-28-6-3-5-27-37(28)42(57)52(41(27)56)32-13-14-36(53)50-39(32)55/h3-8,21-22,24-26,32,46H,9-20,23H2,1-2H3,(H,48,54)(H,50,53,55). The van der Waals surface area contributed by atoms with E-state index in [4.69, 9.17) is 14.1 Å². The molecule has 2 aromatic heterocycles. The topological polar surface area (TPSA) is 176 Å². The monoisotopic (exact) mass is 811 g/mol. The lowest BCUT2D eigenvalue weighted by atomic mass is 9.81. The molecule has 1 unspecified atom stereocenters. The summed E-state index contributed by atoms with van der Waals surface area (Å²) < 4.78 is 39.4. The number of pyridine rings is 1. The van der Waals surface area contributed by atoms with Crippen molar-refractivity contribution in [2.24, 2.45) is 11.8 Å². The van der Waals surface area contributed by atoms with E-state index < -0.39 is 47.2 Å². The van der Waals surface area contributed by atoms with Crippen LogP contribution >= 0.6 is 0 Å². The number of nitrogens with zero attached hydrogens (tertiary/aromatic N) is 4. The number of aromatic nitrogens is 2. The van der Waals surface area contributed by atoms with Gasteiger partial charge in [0.05, 0.1) is 23.9 Å². The molecule has 0 bridgehead atoms. The number of methoxy groups -OCH3 is 1. The quantitative estimate of drug-likeness (QED) is 0.134. The maximum atomic E-state index is 13.8. The molecule has 0 radical (unpaired) electrons. The molecule has 59 heavy (non-hydrogen) atoms. The number of anilines is 2. The largest absolute Gasteiger partial charge is 0.494 e. The minimum absolute atomic E-state index is 0.0772. The van der Waals surface area contributed by atoms with E-state index in [0.717, 1.165) is 76.4 Å². The summed E-state index contributed by atoms with van der Waals surface area (Å²) in [5, 5.41) is 8.34. The SMILES string of the molecule is COc1cc2nc(C3CCC(CN4CCC(CCNc5cccc6c5C(=O)N(C5CCC(=O)NC5=O)C6=O)CC4)CC3)oc2cc1NC(=O)c1cccc(C(C)(F)F)n1. The van der Waals surface area contributed by atoms with Gasteiger partial charge in [-0.1, -0.05) is 12.1 Å². The molecule has 14 nitrogen and oxygen atoms in total. The molecular formula is C43H47F2N7O7. The first-order valence-electron chi connectivity index (χ1n) is 20.3. The summed E-state index contributed by atoms with van der Waals surface area (Å²) in [6, 6.07) is 11.4. The number of carbonyl (C=O) groups is 5. The third-order valence-corrected chi connectivity index (χ3v) is 12.2. The Kier molecular flexibility index (Phi) is 11.2. The Morgan fingerprint density at radius 2 is 1.69 bits per heavy atom. The van der Waals surface area contributed by atoms with E-state index >= 15 is 0 Å². The molecule has 3 fully saturated rings. The van der Waals surface area contributed by atoms with Crippen LogP contribution in [0.5, 0.6) is 5.75 Å². The molecule has 4 aromatic rings. The number of amides is 5. The minimum atomic E-state index is -3.18. The fourth-order valence-corrected chi connectivity index (χ4v) is 8.89. The summed E-state index contributed by atoms with van der Waals surface area (Å²) in [5.41, 5.74) is 1.91. The number of alkyl halides is 2. The predicted molar refractivity (Wildman–Crippen MR) is 212 cm³/mol. The van der Waals surface area contributed by atoms with Crippen LogP contribution in [0.3, 0.4) is 0 Å². The van der Waals surface area contributed by atoms with Crippen molar-refractivity contribution in [3.63, 3.8) is 0 Å². The molecule has 2 saturated heterocycles. The number of rotatable bonds is 12. The molecule has 8 rings (SSSR count). The van der Waals surface area contributed by atoms with Gasteiger partial charge in [-0.3, -0.25) is 34.2 Å². The molecule has 1 aliphatic carbocycles. The predicted octanol–water partition coefficient (Wildman–Crippen LogP) is 6.48. The van der Waals surface area contributed by atoms with Crippen LogP contribution in [0.1, 0.15) is 113 Å². The summed E-state index contributed by atoms with van der Waals surface area (Å²) >= 11 is 0. The zero-order chi connectivity index (χ0) is 41.4. The number of carbonyl (C=O) groups excluding carboxylic acids is 5. The van der Waals surface area contributed by atoms with E-state index in [9.17, 15) is 32.8 Å². The molecule has 2 aromatic carbocycles. The average molecular weight is 812 g/mol. The molecule has 310 valence electrons. The lowest BCUT2D eigenvalue weighted by molar-refractivity contribution is -0.136. The van der Waals surface area contributed by atoms with E-state index in [-0.39, 0.29) is 35.6 Å². The van der Waals surface area contributed by atoms with E-state index in [2.05, 4.69) is 25.8 Å². The van der Waals surface area contributed by atoms with Crippen molar-refractivity contribution in [2.75, 3.05) is 43.9 Å². The number of piperidine rings is 2. The van der Waals surface area contributed by atoms with Crippen LogP contribution in [-0.2, 0) is 15.5 Å². The van der Waals surface area contributed by atoms with Crippen molar-refractivity contribution in [3.8, 4) is 5.75 Å². The molecule has 3 aliphatic heterocycles. The van der Waals surface area contributed by atoms with Crippen molar-refractivity contribution >= 4 is 52.0 Å². The van der Waals surface area contributed by atoms with Crippen LogP contribution in [-0.4, -0.2) is 88.6 Å². The summed E-state index contributed by atoms with van der Waals surface area (Å²) in [6.45, 7) is 4.48. The van der Waals surface area contributed by atoms with Gasteiger partial charge in [-0.05, 0) is 101 Å². The van der Waals surface area contributed by atoms with Gasteiger partial charge in [0.1, 0.15) is 28.7 Å². The highest BCUT2D eigenvalue weighted by atomic mass is 19.3. The molecule has 5 amide bonds. The zero-order valence-corrected chi connectivity index (χ0v) is 33.0. The van der Waals surface area contributed by atoms with Crippen LogP contribution in [0, 0.1) is 11.8 Å². The highest BCUT2D eigenvalue weighted by molar-refractivity contribution is 6.25. The van der Waals surface area contributed by atoms with Crippen molar-refractivity contribution in [3.05, 3.63) is 76.9 Å². The molecule has 4 aliphatic rings. The Labute approximate surface area is 339 Å². The smallest absolute Gasteiger partial charge is 0.287 e. The summed E-state index contributed by atoms with van der Waals surface area (Å²) in [6.07, 6.45) is 7.31. The first-order chi connectivity index (χ1) is 28.4. The van der Waals surface area contributed by atoms with Crippen LogP contribution < -0.4 is 20.7 Å². The summed E-state index contributed by atoms with van der Waals surface area (Å²) in [7, 11) is 1.48. The molecule has 16 heteroatoms. The average Bonchev–Trinajstić information content (AvgIpc) is 3.75. The van der Waals surface area contributed by atoms with Crippen LogP contribution in [0.4, 0.5) is 20.2 Å². The Balaban J connectivity index is 0.793. The molecule has 5 heterocycles. The first kappa shape index (κ1) is 40.0. The molecule has 0 spiro atoms. The van der Waals surface area contributed by atoms with E-state index in [1.54, 1.807) is 30.3 Å². The highest BCUT2D eigenvalue weighted by Gasteiger charge is 2.45. The van der Waals surface area contributed by atoms with E-state index in [0.29, 0.717) is 52.5 Å². The number of benzene rings is 2. The number of nitrogens with one attached hydrogen (secondary N) is 3. The summed E-state index contributed by atoms with van der Waals surface area (Å²) in [5.74, 6) is -3.58. The number of halogens is 2. The van der Waals surface area contributed by atoms with Gasteiger partial charge in [-0.2, -0.15) is 8.78 Å². The fourth-order valence-electron chi connectivity index (χ4n) is 8.89. The van der Waals surface area contributed by atoms with Gasteiger partial charge < -0.3 is 24.7 Å². The highest BCUT2D eigenvalue weighted by Crippen LogP contribution is 2.40. The van der Waals surface area contributed by atoms with Crippen molar-refractivity contribution in [2.45, 2.75) is 82.6 Å². The Bertz CT molecular complexity index is 2290. The number of likely N-dealkylation sites (tertiary alicyclic amines) is 1. The second-order valence-electron chi connectivity index (χ2n) is 16.2. The number of hydrogen-bond acceptors (Lipinski definition) is 11. The van der Waals surface area contributed by atoms with Crippen LogP contribution in [0.25, 0.3) is 11.1 Å². The third kappa shape index (κ3) is 8.40. The van der Waals surface area contributed by atoms with Gasteiger partial charge in [-0.15, -0.1) is 0 Å². The Hall–Kier alpha value is -5.77. The summed E-state index contributed by atoms with van der Waals surface area (Å²) in [4.78, 5) is 75.9. The van der Waals surface area contributed by atoms with Gasteiger partial charge in [-0.25, -0.2) is 9.97 Å². The second-order valence-corrected chi connectivity index (χ2v) is 16.2. The zero-order valence-electron chi connectivity index (χ0n) is 33.0. The molecular weight excluding hydrogens is 765 g/mol. The molecule has 1 atom stereocenters. The van der Waals surface area contributed by atoms with E-state index in [1.807, 2.05) is 0 Å². The van der Waals surface area contributed by atoms with Crippen molar-refractivity contribution < 1.29 is 41.9 Å². The van der Waals surface area contributed by atoms with Gasteiger partial charge in [0.2, 0.25) is 11.8 Å². The number of fused-ring (bicyclic) bond motifs is 2. The number of oxazole rings is 1. The third-order valence-electron chi connectivity index (χ3n) is 12.2. The maximum absolute atomic E-state index is 13.8. The maximum Gasteiger partial charge on any atom is 0.287 e. The lowest BCUT2D eigenvalue weighted by Crippen LogP contribution is -2.54. The Morgan fingerprint density at radius 3 is 2.42 bits per heavy atom. The lowest BCUT2D eigenvalue weighted by Gasteiger charge is -2.36. The molecule has 1 saturated carbocycles. The van der Waals surface area contributed by atoms with Gasteiger partial charge in [0, 0.05) is 50.2 Å². The van der Waals surface area contributed by atoms with Crippen molar-refractivity contribution in [1.82, 2.24) is 25.1 Å². The van der Waals surface area contributed by atoms with Gasteiger partial charge in [0.15, 0.2) is 11.5 Å². The van der Waals surface area contributed by atoms with Crippen molar-refractivity contribution in [1.29, 1.82) is 0 Å². The fraction of sp³-hybridized carbons (Fsp3) is 0.465. The number of imide groups is 2. The number of ether oxygens (including phenoxy) is 1. The second kappa shape index (κ2) is 16.5.